The molecule has 0 bridgehead atoms. The molecule has 16 heavy (non-hydrogen) atoms. The average Bonchev–Trinajstić information content (AvgIpc) is 2.69. The molecule has 2 aromatic rings. The van der Waals surface area contributed by atoms with Crippen LogP contribution in [0.3, 0.4) is 0 Å². The maximum atomic E-state index is 5.25. The fraction of sp³-hybridized carbons (Fsp3) is 0.214. The van der Waals surface area contributed by atoms with Crippen molar-refractivity contribution in [2.75, 3.05) is 0 Å². The van der Waals surface area contributed by atoms with Crippen molar-refractivity contribution in [1.29, 1.82) is 0 Å². The third-order valence-corrected chi connectivity index (χ3v) is 2.66. The largest absolute Gasteiger partial charge is 0.268 e. The van der Waals surface area contributed by atoms with Crippen LogP contribution < -0.4 is 0 Å². The molecule has 0 aliphatic rings. The first-order valence-electron chi connectivity index (χ1n) is 5.34. The Hall–Kier alpha value is -2.01. The Labute approximate surface area is 95.9 Å². The zero-order chi connectivity index (χ0) is 11.4. The first-order chi connectivity index (χ1) is 7.83. The van der Waals surface area contributed by atoms with Crippen molar-refractivity contribution in [2.45, 2.75) is 19.9 Å². The van der Waals surface area contributed by atoms with Gasteiger partial charge in [-0.15, -0.1) is 12.3 Å². The van der Waals surface area contributed by atoms with E-state index >= 15 is 0 Å². The molecule has 2 heteroatoms. The van der Waals surface area contributed by atoms with Crippen LogP contribution in [0.5, 0.6) is 0 Å². The van der Waals surface area contributed by atoms with E-state index in [4.69, 9.17) is 6.42 Å². The third kappa shape index (κ3) is 1.99. The van der Waals surface area contributed by atoms with Crippen LogP contribution >= 0.6 is 0 Å². The second-order valence-electron chi connectivity index (χ2n) is 3.69. The molecule has 2 nitrogen and oxygen atoms in total. The van der Waals surface area contributed by atoms with Crippen molar-refractivity contribution < 1.29 is 0 Å². The molecule has 0 saturated heterocycles. The molecule has 0 spiro atoms. The van der Waals surface area contributed by atoms with Gasteiger partial charge < -0.3 is 0 Å². The van der Waals surface area contributed by atoms with Gasteiger partial charge in [0.2, 0.25) is 0 Å². The maximum Gasteiger partial charge on any atom is 0.0571 e. The van der Waals surface area contributed by atoms with Gasteiger partial charge in [-0.1, -0.05) is 30.3 Å². The molecule has 1 aromatic carbocycles. The second-order valence-corrected chi connectivity index (χ2v) is 3.69. The average molecular weight is 210 g/mol. The molecular formula is C14H14N2. The summed E-state index contributed by atoms with van der Waals surface area (Å²) >= 11 is 0. The Kier molecular flexibility index (Phi) is 3.07. The number of hydrogen-bond donors (Lipinski definition) is 0. The molecule has 0 aliphatic carbocycles. The van der Waals surface area contributed by atoms with Gasteiger partial charge in [0.25, 0.3) is 0 Å². The number of hydrogen-bond acceptors (Lipinski definition) is 1. The molecule has 0 aliphatic heterocycles. The fourth-order valence-electron chi connectivity index (χ4n) is 1.74. The van der Waals surface area contributed by atoms with Gasteiger partial charge in [0.1, 0.15) is 0 Å². The summed E-state index contributed by atoms with van der Waals surface area (Å²) in [6, 6.07) is 10.3. The number of benzene rings is 1. The van der Waals surface area contributed by atoms with Crippen LogP contribution in [0.25, 0.3) is 11.1 Å². The van der Waals surface area contributed by atoms with E-state index in [2.05, 4.69) is 30.1 Å². The number of aromatic nitrogens is 2. The first kappa shape index (κ1) is 10.5. The highest BCUT2D eigenvalue weighted by molar-refractivity contribution is 5.64. The highest BCUT2D eigenvalue weighted by atomic mass is 15.3. The minimum atomic E-state index is 0.719. The third-order valence-electron chi connectivity index (χ3n) is 2.66. The van der Waals surface area contributed by atoms with E-state index in [0.717, 1.165) is 13.0 Å². The lowest BCUT2D eigenvalue weighted by Gasteiger charge is -2.03. The predicted octanol–water partition coefficient (Wildman–Crippen LogP) is 2.88. The molecule has 1 aromatic heterocycles. The monoisotopic (exact) mass is 210 g/mol. The normalized spacial score (nSPS) is 10.0. The zero-order valence-corrected chi connectivity index (χ0v) is 9.35. The highest BCUT2D eigenvalue weighted by Crippen LogP contribution is 2.22. The van der Waals surface area contributed by atoms with Crippen LogP contribution in [0.4, 0.5) is 0 Å². The molecule has 0 amide bonds. The Morgan fingerprint density at radius 3 is 2.75 bits per heavy atom. The van der Waals surface area contributed by atoms with Crippen LogP contribution in [-0.2, 0) is 6.54 Å². The van der Waals surface area contributed by atoms with Gasteiger partial charge in [-0.05, 0) is 12.5 Å². The number of terminal acetylenes is 1. The highest BCUT2D eigenvalue weighted by Gasteiger charge is 2.06. The van der Waals surface area contributed by atoms with E-state index in [1.165, 1.54) is 16.8 Å². The second kappa shape index (κ2) is 4.67. The molecule has 2 rings (SSSR count). The van der Waals surface area contributed by atoms with Gasteiger partial charge in [-0.3, -0.25) is 4.68 Å². The van der Waals surface area contributed by atoms with Crippen molar-refractivity contribution >= 4 is 0 Å². The topological polar surface area (TPSA) is 17.8 Å². The maximum absolute atomic E-state index is 5.25. The van der Waals surface area contributed by atoms with Crippen molar-refractivity contribution in [3.63, 3.8) is 0 Å². The van der Waals surface area contributed by atoms with Gasteiger partial charge in [-0.25, -0.2) is 0 Å². The quantitative estimate of drug-likeness (QED) is 0.712. The number of rotatable bonds is 3. The lowest BCUT2D eigenvalue weighted by atomic mass is 10.1. The molecular weight excluding hydrogens is 196 g/mol. The molecule has 80 valence electrons. The van der Waals surface area contributed by atoms with Crippen LogP contribution in [0.1, 0.15) is 12.1 Å². The molecule has 0 unspecified atom stereocenters. The minimum absolute atomic E-state index is 0.719. The van der Waals surface area contributed by atoms with Gasteiger partial charge in [0, 0.05) is 17.7 Å². The van der Waals surface area contributed by atoms with Gasteiger partial charge in [0.05, 0.1) is 12.7 Å². The molecule has 0 radical (unpaired) electrons. The zero-order valence-electron chi connectivity index (χ0n) is 9.35. The molecule has 1 heterocycles. The molecule has 0 fully saturated rings. The summed E-state index contributed by atoms with van der Waals surface area (Å²) in [7, 11) is 0. The summed E-state index contributed by atoms with van der Waals surface area (Å²) in [4.78, 5) is 0. The van der Waals surface area contributed by atoms with E-state index in [9.17, 15) is 0 Å². The summed E-state index contributed by atoms with van der Waals surface area (Å²) in [5, 5.41) is 4.35. The molecule has 0 atom stereocenters. The minimum Gasteiger partial charge on any atom is -0.268 e. The molecule has 0 N–H and O–H groups in total. The lowest BCUT2D eigenvalue weighted by molar-refractivity contribution is 0.612. The standard InChI is InChI=1S/C14H14N2/c1-3-4-10-16-12(2)14(11-15-16)13-8-6-5-7-9-13/h1,5-9,11H,4,10H2,2H3. The molecule has 0 saturated carbocycles. The van der Waals surface area contributed by atoms with Gasteiger partial charge >= 0.3 is 0 Å². The summed E-state index contributed by atoms with van der Waals surface area (Å²) in [6.45, 7) is 2.86. The lowest BCUT2D eigenvalue weighted by Crippen LogP contribution is -2.01. The Morgan fingerprint density at radius 1 is 1.31 bits per heavy atom. The van der Waals surface area contributed by atoms with Crippen molar-refractivity contribution in [2.24, 2.45) is 0 Å². The summed E-state index contributed by atoms with van der Waals surface area (Å²) < 4.78 is 1.96. The van der Waals surface area contributed by atoms with Crippen molar-refractivity contribution in [3.05, 3.63) is 42.2 Å². The van der Waals surface area contributed by atoms with E-state index in [1.54, 1.807) is 0 Å². The Morgan fingerprint density at radius 2 is 2.06 bits per heavy atom. The first-order valence-corrected chi connectivity index (χ1v) is 5.34. The van der Waals surface area contributed by atoms with Crippen molar-refractivity contribution in [1.82, 2.24) is 9.78 Å². The number of aryl methyl sites for hydroxylation is 1. The summed E-state index contributed by atoms with van der Waals surface area (Å²) in [5.41, 5.74) is 3.55. The summed E-state index contributed by atoms with van der Waals surface area (Å²) in [5.74, 6) is 2.63. The van der Waals surface area contributed by atoms with E-state index < -0.39 is 0 Å². The smallest absolute Gasteiger partial charge is 0.0571 e. The Bertz CT molecular complexity index is 503. The van der Waals surface area contributed by atoms with E-state index in [0.29, 0.717) is 0 Å². The predicted molar refractivity (Wildman–Crippen MR) is 65.9 cm³/mol. The van der Waals surface area contributed by atoms with E-state index in [1.807, 2.05) is 29.1 Å². The van der Waals surface area contributed by atoms with Crippen LogP contribution in [0, 0.1) is 19.3 Å². The van der Waals surface area contributed by atoms with E-state index in [-0.39, 0.29) is 0 Å². The van der Waals surface area contributed by atoms with Crippen LogP contribution in [0.2, 0.25) is 0 Å². The van der Waals surface area contributed by atoms with Crippen molar-refractivity contribution in [3.8, 4) is 23.5 Å². The van der Waals surface area contributed by atoms with Gasteiger partial charge in [0.15, 0.2) is 0 Å². The fourth-order valence-corrected chi connectivity index (χ4v) is 1.74. The Balaban J connectivity index is 2.31. The van der Waals surface area contributed by atoms with Crippen LogP contribution in [-0.4, -0.2) is 9.78 Å². The van der Waals surface area contributed by atoms with Crippen LogP contribution in [0.15, 0.2) is 36.5 Å². The van der Waals surface area contributed by atoms with Gasteiger partial charge in [-0.2, -0.15) is 5.10 Å². The SMILES string of the molecule is C#CCCn1ncc(-c2ccccc2)c1C. The summed E-state index contributed by atoms with van der Waals surface area (Å²) in [6.07, 6.45) is 7.88. The number of nitrogens with zero attached hydrogens (tertiary/aromatic N) is 2.